The zero-order valence-corrected chi connectivity index (χ0v) is 16.4. The molecule has 0 N–H and O–H groups in total. The highest BCUT2D eigenvalue weighted by molar-refractivity contribution is 7.89. The molecule has 0 saturated carbocycles. The number of carbonyl (C=O) groups is 1. The van der Waals surface area contributed by atoms with Crippen molar-refractivity contribution < 1.29 is 17.9 Å². The highest BCUT2D eigenvalue weighted by atomic mass is 32.2. The van der Waals surface area contributed by atoms with Crippen LogP contribution in [0.25, 0.3) is 0 Å². The van der Waals surface area contributed by atoms with Crippen LogP contribution in [-0.2, 0) is 10.0 Å². The minimum atomic E-state index is -3.58. The number of amides is 1. The number of rotatable bonds is 4. The number of methoxy groups -OCH3 is 1. The average Bonchev–Trinajstić information content (AvgIpc) is 2.68. The standard InChI is InChI=1S/C19H28N2O4S/c1-15-8-12-20(13-9-15)19(22)17-14-16(6-7-18(17)25-2)26(23,24)21-10-4-3-5-11-21/h6-7,14-15H,3-5,8-13H2,1-2H3. The van der Waals surface area contributed by atoms with E-state index in [1.165, 1.54) is 23.5 Å². The van der Waals surface area contributed by atoms with E-state index in [0.29, 0.717) is 43.4 Å². The second-order valence-electron chi connectivity index (χ2n) is 7.30. The number of carbonyl (C=O) groups excluding carboxylic acids is 1. The Morgan fingerprint density at radius 3 is 2.35 bits per heavy atom. The van der Waals surface area contributed by atoms with E-state index in [-0.39, 0.29) is 10.8 Å². The fourth-order valence-electron chi connectivity index (χ4n) is 3.65. The molecule has 0 aromatic heterocycles. The molecule has 1 aromatic rings. The van der Waals surface area contributed by atoms with E-state index in [9.17, 15) is 13.2 Å². The molecule has 2 aliphatic heterocycles. The molecule has 2 aliphatic rings. The molecule has 7 heteroatoms. The molecule has 0 spiro atoms. The summed E-state index contributed by atoms with van der Waals surface area (Å²) in [4.78, 5) is 15.0. The van der Waals surface area contributed by atoms with Crippen LogP contribution in [0.1, 0.15) is 49.4 Å². The fraction of sp³-hybridized carbons (Fsp3) is 0.632. The van der Waals surface area contributed by atoms with Gasteiger partial charge in [-0.05, 0) is 49.8 Å². The Hall–Kier alpha value is -1.60. The molecule has 3 rings (SSSR count). The first-order valence-corrected chi connectivity index (χ1v) is 10.8. The molecule has 6 nitrogen and oxygen atoms in total. The molecular weight excluding hydrogens is 352 g/mol. The minimum Gasteiger partial charge on any atom is -0.496 e. The van der Waals surface area contributed by atoms with Crippen molar-refractivity contribution in [2.24, 2.45) is 5.92 Å². The topological polar surface area (TPSA) is 66.9 Å². The van der Waals surface area contributed by atoms with E-state index in [4.69, 9.17) is 4.74 Å². The molecule has 2 saturated heterocycles. The van der Waals surface area contributed by atoms with Crippen LogP contribution in [0.2, 0.25) is 0 Å². The van der Waals surface area contributed by atoms with Gasteiger partial charge in [0.25, 0.3) is 5.91 Å². The van der Waals surface area contributed by atoms with Crippen molar-refractivity contribution >= 4 is 15.9 Å². The van der Waals surface area contributed by atoms with Crippen molar-refractivity contribution in [1.82, 2.24) is 9.21 Å². The zero-order valence-electron chi connectivity index (χ0n) is 15.6. The van der Waals surface area contributed by atoms with Gasteiger partial charge in [0.15, 0.2) is 0 Å². The summed E-state index contributed by atoms with van der Waals surface area (Å²) in [6.07, 6.45) is 4.77. The second-order valence-corrected chi connectivity index (χ2v) is 9.24. The van der Waals surface area contributed by atoms with Crippen LogP contribution in [0.4, 0.5) is 0 Å². The van der Waals surface area contributed by atoms with Crippen LogP contribution in [0.5, 0.6) is 5.75 Å². The van der Waals surface area contributed by atoms with Gasteiger partial charge in [0, 0.05) is 26.2 Å². The summed E-state index contributed by atoms with van der Waals surface area (Å²) >= 11 is 0. The van der Waals surface area contributed by atoms with Gasteiger partial charge < -0.3 is 9.64 Å². The molecule has 2 fully saturated rings. The van der Waals surface area contributed by atoms with Crippen molar-refractivity contribution in [2.45, 2.75) is 43.9 Å². The summed E-state index contributed by atoms with van der Waals surface area (Å²) in [7, 11) is -2.07. The SMILES string of the molecule is COc1ccc(S(=O)(=O)N2CCCCC2)cc1C(=O)N1CCC(C)CC1. The first kappa shape index (κ1) is 19.2. The van der Waals surface area contributed by atoms with Crippen LogP contribution >= 0.6 is 0 Å². The molecule has 1 aromatic carbocycles. The minimum absolute atomic E-state index is 0.149. The number of nitrogens with zero attached hydrogens (tertiary/aromatic N) is 2. The summed E-state index contributed by atoms with van der Waals surface area (Å²) in [6.45, 7) is 4.68. The maximum atomic E-state index is 13.0. The highest BCUT2D eigenvalue weighted by Gasteiger charge is 2.29. The van der Waals surface area contributed by atoms with E-state index in [1.54, 1.807) is 11.0 Å². The fourth-order valence-corrected chi connectivity index (χ4v) is 5.19. The number of piperidine rings is 2. The molecule has 0 atom stereocenters. The summed E-state index contributed by atoms with van der Waals surface area (Å²) in [6, 6.07) is 4.62. The Morgan fingerprint density at radius 2 is 1.73 bits per heavy atom. The number of hydrogen-bond donors (Lipinski definition) is 0. The van der Waals surface area contributed by atoms with Gasteiger partial charge in [0.05, 0.1) is 17.6 Å². The Balaban J connectivity index is 1.90. The maximum absolute atomic E-state index is 13.0. The smallest absolute Gasteiger partial charge is 0.257 e. The highest BCUT2D eigenvalue weighted by Crippen LogP contribution is 2.28. The van der Waals surface area contributed by atoms with Gasteiger partial charge in [-0.1, -0.05) is 13.3 Å². The average molecular weight is 381 g/mol. The van der Waals surface area contributed by atoms with Crippen molar-refractivity contribution in [2.75, 3.05) is 33.3 Å². The number of likely N-dealkylation sites (tertiary alicyclic amines) is 1. The van der Waals surface area contributed by atoms with Gasteiger partial charge >= 0.3 is 0 Å². The quantitative estimate of drug-likeness (QED) is 0.806. The second kappa shape index (κ2) is 7.96. The van der Waals surface area contributed by atoms with Crippen LogP contribution in [0.15, 0.2) is 23.1 Å². The number of benzene rings is 1. The van der Waals surface area contributed by atoms with E-state index >= 15 is 0 Å². The maximum Gasteiger partial charge on any atom is 0.257 e. The number of hydrogen-bond acceptors (Lipinski definition) is 4. The van der Waals surface area contributed by atoms with Crippen molar-refractivity contribution in [3.05, 3.63) is 23.8 Å². The predicted molar refractivity (Wildman–Crippen MR) is 99.9 cm³/mol. The molecule has 0 aliphatic carbocycles. The Labute approximate surface area is 156 Å². The van der Waals surface area contributed by atoms with Gasteiger partial charge in [-0.25, -0.2) is 8.42 Å². The Kier molecular flexibility index (Phi) is 5.87. The van der Waals surface area contributed by atoms with E-state index in [2.05, 4.69) is 6.92 Å². The molecule has 2 heterocycles. The van der Waals surface area contributed by atoms with E-state index in [1.807, 2.05) is 0 Å². The third kappa shape index (κ3) is 3.88. The summed E-state index contributed by atoms with van der Waals surface area (Å²) < 4.78 is 32.7. The van der Waals surface area contributed by atoms with Gasteiger partial charge in [-0.3, -0.25) is 4.79 Å². The number of sulfonamides is 1. The lowest BCUT2D eigenvalue weighted by molar-refractivity contribution is 0.0693. The Morgan fingerprint density at radius 1 is 1.08 bits per heavy atom. The summed E-state index contributed by atoms with van der Waals surface area (Å²) in [5.74, 6) is 0.891. The molecule has 0 radical (unpaired) electrons. The summed E-state index contributed by atoms with van der Waals surface area (Å²) in [5.41, 5.74) is 0.333. The molecule has 26 heavy (non-hydrogen) atoms. The number of ether oxygens (including phenoxy) is 1. The third-order valence-corrected chi connectivity index (χ3v) is 7.32. The van der Waals surface area contributed by atoms with Gasteiger partial charge in [0.2, 0.25) is 10.0 Å². The van der Waals surface area contributed by atoms with Crippen LogP contribution in [-0.4, -0.2) is 56.8 Å². The molecule has 144 valence electrons. The van der Waals surface area contributed by atoms with Crippen molar-refractivity contribution in [1.29, 1.82) is 0 Å². The van der Waals surface area contributed by atoms with Crippen molar-refractivity contribution in [3.8, 4) is 5.75 Å². The van der Waals surface area contributed by atoms with Crippen LogP contribution in [0, 0.1) is 5.92 Å². The van der Waals surface area contributed by atoms with E-state index < -0.39 is 10.0 Å². The van der Waals surface area contributed by atoms with Gasteiger partial charge in [0.1, 0.15) is 5.75 Å². The first-order chi connectivity index (χ1) is 12.4. The van der Waals surface area contributed by atoms with Gasteiger partial charge in [-0.2, -0.15) is 4.31 Å². The lowest BCUT2D eigenvalue weighted by atomic mass is 9.98. The normalized spacial score (nSPS) is 20.2. The van der Waals surface area contributed by atoms with Gasteiger partial charge in [-0.15, -0.1) is 0 Å². The molecule has 0 unspecified atom stereocenters. The monoisotopic (exact) mass is 380 g/mol. The summed E-state index contributed by atoms with van der Waals surface area (Å²) in [5, 5.41) is 0. The lowest BCUT2D eigenvalue weighted by Gasteiger charge is -2.31. The molecular formula is C19H28N2O4S. The Bertz CT molecular complexity index is 749. The van der Waals surface area contributed by atoms with Crippen LogP contribution < -0.4 is 4.74 Å². The zero-order chi connectivity index (χ0) is 18.7. The lowest BCUT2D eigenvalue weighted by Crippen LogP contribution is -2.38. The predicted octanol–water partition coefficient (Wildman–Crippen LogP) is 2.74. The largest absolute Gasteiger partial charge is 0.496 e. The molecule has 0 bridgehead atoms. The van der Waals surface area contributed by atoms with Crippen LogP contribution in [0.3, 0.4) is 0 Å². The van der Waals surface area contributed by atoms with E-state index in [0.717, 1.165) is 32.1 Å². The van der Waals surface area contributed by atoms with Crippen molar-refractivity contribution in [3.63, 3.8) is 0 Å². The first-order valence-electron chi connectivity index (χ1n) is 9.41. The molecule has 1 amide bonds. The third-order valence-electron chi connectivity index (χ3n) is 5.43.